The van der Waals surface area contributed by atoms with E-state index < -0.39 is 0 Å². The second-order valence-corrected chi connectivity index (χ2v) is 7.80. The van der Waals surface area contributed by atoms with Crippen LogP contribution in [0.1, 0.15) is 43.0 Å². The number of fused-ring (bicyclic) bond motifs is 2. The number of guanidine groups is 1. The smallest absolute Gasteiger partial charge is 0.345 e. The molecule has 2 aliphatic heterocycles. The maximum absolute atomic E-state index is 12.4. The number of aromatic nitrogens is 3. The van der Waals surface area contributed by atoms with E-state index in [0.29, 0.717) is 32.0 Å². The number of carbonyl (C=O) groups excluding carboxylic acids is 1. The first-order chi connectivity index (χ1) is 14.7. The van der Waals surface area contributed by atoms with Crippen LogP contribution in [-0.2, 0) is 24.3 Å². The van der Waals surface area contributed by atoms with Gasteiger partial charge in [-0.2, -0.15) is 5.10 Å². The highest BCUT2D eigenvalue weighted by Gasteiger charge is 2.24. The van der Waals surface area contributed by atoms with E-state index in [-0.39, 0.29) is 41.5 Å². The summed E-state index contributed by atoms with van der Waals surface area (Å²) < 4.78 is 3.38. The highest BCUT2D eigenvalue weighted by atomic mass is 127. The van der Waals surface area contributed by atoms with Crippen molar-refractivity contribution in [2.45, 2.75) is 51.1 Å². The van der Waals surface area contributed by atoms with E-state index >= 15 is 0 Å². The molecule has 0 bridgehead atoms. The number of aryl methyl sites for hydroxylation is 2. The topological polar surface area (TPSA) is 105 Å². The summed E-state index contributed by atoms with van der Waals surface area (Å²) in [4.78, 5) is 28.6. The van der Waals surface area contributed by atoms with Crippen molar-refractivity contribution in [2.75, 3.05) is 25.5 Å². The van der Waals surface area contributed by atoms with E-state index in [0.717, 1.165) is 49.3 Å². The van der Waals surface area contributed by atoms with E-state index in [1.165, 1.54) is 0 Å². The molecule has 0 saturated heterocycles. The fourth-order valence-corrected chi connectivity index (χ4v) is 4.15. The molecule has 0 radical (unpaired) electrons. The van der Waals surface area contributed by atoms with Crippen LogP contribution in [0.2, 0.25) is 0 Å². The molecule has 1 atom stereocenters. The fourth-order valence-electron chi connectivity index (χ4n) is 4.15. The zero-order chi connectivity index (χ0) is 20.9. The SMILES string of the molecule is CN=C(NCCCn1nc2n(c1=O)CCCC2)NCC1CC(=O)Nc2ccccc21.I. The van der Waals surface area contributed by atoms with Crippen LogP contribution in [0.5, 0.6) is 0 Å². The van der Waals surface area contributed by atoms with Gasteiger partial charge in [0.1, 0.15) is 5.82 Å². The molecule has 31 heavy (non-hydrogen) atoms. The van der Waals surface area contributed by atoms with Gasteiger partial charge in [0.05, 0.1) is 0 Å². The van der Waals surface area contributed by atoms with Gasteiger partial charge in [-0.1, -0.05) is 18.2 Å². The number of hydrogen-bond donors (Lipinski definition) is 3. The van der Waals surface area contributed by atoms with Gasteiger partial charge in [-0.25, -0.2) is 9.48 Å². The lowest BCUT2D eigenvalue weighted by Gasteiger charge is -2.26. The van der Waals surface area contributed by atoms with Crippen molar-refractivity contribution >= 4 is 41.5 Å². The average Bonchev–Trinajstić information content (AvgIpc) is 3.08. The van der Waals surface area contributed by atoms with Crippen molar-refractivity contribution in [3.05, 3.63) is 46.1 Å². The first-order valence-corrected chi connectivity index (χ1v) is 10.7. The number of amides is 1. The number of carbonyl (C=O) groups is 1. The Kier molecular flexibility index (Phi) is 8.10. The summed E-state index contributed by atoms with van der Waals surface area (Å²) in [6.07, 6.45) is 4.27. The Bertz CT molecular complexity index is 998. The first-order valence-electron chi connectivity index (χ1n) is 10.7. The van der Waals surface area contributed by atoms with Crippen LogP contribution in [0.15, 0.2) is 34.1 Å². The van der Waals surface area contributed by atoms with Crippen LogP contribution in [-0.4, -0.2) is 46.4 Å². The standard InChI is InChI=1S/C21H29N7O2.HI/c1-22-20(24-14-15-13-19(29)25-17-8-3-2-7-16(15)17)23-10-6-12-28-21(30)27-11-5-4-9-18(27)26-28;/h2-3,7-8,15H,4-6,9-14H2,1H3,(H,25,29)(H2,22,23,24);1H. The van der Waals surface area contributed by atoms with Crippen molar-refractivity contribution in [1.82, 2.24) is 25.0 Å². The Hall–Kier alpha value is -2.37. The number of benzene rings is 1. The van der Waals surface area contributed by atoms with Gasteiger partial charge in [0, 0.05) is 57.7 Å². The number of anilines is 1. The first kappa shape index (κ1) is 23.3. The number of hydrogen-bond acceptors (Lipinski definition) is 4. The van der Waals surface area contributed by atoms with E-state index in [2.05, 4.69) is 32.1 Å². The van der Waals surface area contributed by atoms with Crippen molar-refractivity contribution in [2.24, 2.45) is 4.99 Å². The fraction of sp³-hybridized carbons (Fsp3) is 0.524. The Morgan fingerprint density at radius 1 is 1.26 bits per heavy atom. The van der Waals surface area contributed by atoms with Gasteiger partial charge in [-0.05, 0) is 30.9 Å². The minimum atomic E-state index is 0. The molecule has 0 saturated carbocycles. The maximum atomic E-state index is 12.4. The van der Waals surface area contributed by atoms with Gasteiger partial charge in [-0.3, -0.25) is 14.4 Å². The molecule has 4 rings (SSSR count). The van der Waals surface area contributed by atoms with Gasteiger partial charge in [-0.15, -0.1) is 24.0 Å². The molecule has 1 aromatic carbocycles. The number of halogens is 1. The summed E-state index contributed by atoms with van der Waals surface area (Å²) >= 11 is 0. The minimum absolute atomic E-state index is 0. The molecule has 3 heterocycles. The summed E-state index contributed by atoms with van der Waals surface area (Å²) in [7, 11) is 1.73. The Balaban J connectivity index is 0.00000272. The van der Waals surface area contributed by atoms with Crippen molar-refractivity contribution < 1.29 is 4.79 Å². The van der Waals surface area contributed by atoms with Gasteiger partial charge >= 0.3 is 5.69 Å². The van der Waals surface area contributed by atoms with Crippen molar-refractivity contribution in [3.8, 4) is 0 Å². The summed E-state index contributed by atoms with van der Waals surface area (Å²) in [5.74, 6) is 1.74. The van der Waals surface area contributed by atoms with Crippen LogP contribution < -0.4 is 21.6 Å². The lowest BCUT2D eigenvalue weighted by atomic mass is 9.90. The van der Waals surface area contributed by atoms with Gasteiger partial charge in [0.25, 0.3) is 0 Å². The number of nitrogens with zero attached hydrogens (tertiary/aromatic N) is 4. The summed E-state index contributed by atoms with van der Waals surface area (Å²) in [6, 6.07) is 7.91. The number of nitrogens with one attached hydrogen (secondary N) is 3. The number of para-hydroxylation sites is 1. The van der Waals surface area contributed by atoms with Gasteiger partial charge in [0.2, 0.25) is 5.91 Å². The molecule has 1 amide bonds. The minimum Gasteiger partial charge on any atom is -0.356 e. The van der Waals surface area contributed by atoms with Crippen LogP contribution in [0.3, 0.4) is 0 Å². The van der Waals surface area contributed by atoms with E-state index in [1.54, 1.807) is 16.3 Å². The second kappa shape index (κ2) is 10.8. The molecule has 0 fully saturated rings. The summed E-state index contributed by atoms with van der Waals surface area (Å²) in [6.45, 7) is 2.66. The van der Waals surface area contributed by atoms with Gasteiger partial charge in [0.15, 0.2) is 5.96 Å². The normalized spacial score (nSPS) is 17.8. The molecular formula is C21H30IN7O2. The Morgan fingerprint density at radius 3 is 2.90 bits per heavy atom. The van der Waals surface area contributed by atoms with E-state index in [1.807, 2.05) is 18.2 Å². The highest BCUT2D eigenvalue weighted by molar-refractivity contribution is 14.0. The third-order valence-corrected chi connectivity index (χ3v) is 5.72. The molecule has 10 heteroatoms. The number of rotatable bonds is 6. The molecular weight excluding hydrogens is 509 g/mol. The summed E-state index contributed by atoms with van der Waals surface area (Å²) in [5.41, 5.74) is 2.03. The third kappa shape index (κ3) is 5.46. The molecule has 0 aliphatic carbocycles. The molecule has 9 nitrogen and oxygen atoms in total. The highest BCUT2D eigenvalue weighted by Crippen LogP contribution is 2.31. The predicted molar refractivity (Wildman–Crippen MR) is 131 cm³/mol. The summed E-state index contributed by atoms with van der Waals surface area (Å²) in [5, 5.41) is 14.0. The van der Waals surface area contributed by atoms with E-state index in [4.69, 9.17) is 0 Å². The molecule has 0 spiro atoms. The largest absolute Gasteiger partial charge is 0.356 e. The molecule has 168 valence electrons. The Morgan fingerprint density at radius 2 is 2.10 bits per heavy atom. The maximum Gasteiger partial charge on any atom is 0.345 e. The monoisotopic (exact) mass is 539 g/mol. The second-order valence-electron chi connectivity index (χ2n) is 7.80. The van der Waals surface area contributed by atoms with Crippen molar-refractivity contribution in [1.29, 1.82) is 0 Å². The average molecular weight is 539 g/mol. The van der Waals surface area contributed by atoms with Crippen LogP contribution in [0.4, 0.5) is 5.69 Å². The molecule has 2 aromatic rings. The van der Waals surface area contributed by atoms with Crippen LogP contribution in [0.25, 0.3) is 0 Å². The zero-order valence-corrected chi connectivity index (χ0v) is 20.1. The van der Waals surface area contributed by atoms with E-state index in [9.17, 15) is 9.59 Å². The molecule has 1 aromatic heterocycles. The van der Waals surface area contributed by atoms with Gasteiger partial charge < -0.3 is 16.0 Å². The molecule has 3 N–H and O–H groups in total. The quantitative estimate of drug-likeness (QED) is 0.224. The van der Waals surface area contributed by atoms with Crippen LogP contribution >= 0.6 is 24.0 Å². The third-order valence-electron chi connectivity index (χ3n) is 5.72. The number of aliphatic imine (C=N–C) groups is 1. The Labute approximate surface area is 198 Å². The van der Waals surface area contributed by atoms with Crippen LogP contribution in [0, 0.1) is 0 Å². The predicted octanol–water partition coefficient (Wildman–Crippen LogP) is 1.68. The molecule has 1 unspecified atom stereocenters. The lowest BCUT2D eigenvalue weighted by Crippen LogP contribution is -2.41. The van der Waals surface area contributed by atoms with Crippen molar-refractivity contribution in [3.63, 3.8) is 0 Å². The molecule has 2 aliphatic rings. The zero-order valence-electron chi connectivity index (χ0n) is 17.8. The lowest BCUT2D eigenvalue weighted by molar-refractivity contribution is -0.116.